The second-order valence-corrected chi connectivity index (χ2v) is 35.7. The maximum Gasteiger partial charge on any atom is 0.222 e. The molecule has 0 saturated heterocycles. The average molecular weight is 1700 g/mol. The molecule has 2 aliphatic heterocycles. The minimum atomic E-state index is -0.241. The highest BCUT2D eigenvalue weighted by Crippen LogP contribution is 2.18. The Labute approximate surface area is 727 Å². The van der Waals surface area contributed by atoms with E-state index in [1.54, 1.807) is 27.7 Å². The van der Waals surface area contributed by atoms with Crippen molar-refractivity contribution in [2.24, 2.45) is 135 Å². The number of aliphatic imine (C=N–C) groups is 3. The van der Waals surface area contributed by atoms with Gasteiger partial charge in [0.25, 0.3) is 0 Å². The van der Waals surface area contributed by atoms with Crippen molar-refractivity contribution in [1.29, 1.82) is 0 Å². The molecule has 696 valence electrons. The molecular formula is C88H178N26O6. The molecule has 32 nitrogen and oxygen atoms in total. The summed E-state index contributed by atoms with van der Waals surface area (Å²) in [5.41, 5.74) is 24.3. The molecule has 0 aliphatic carbocycles. The first-order valence-electron chi connectivity index (χ1n) is 43.1. The first kappa shape index (κ1) is 127. The molecular weight excluding hydrogens is 1520 g/mol. The molecule has 120 heavy (non-hydrogen) atoms. The van der Waals surface area contributed by atoms with Gasteiger partial charge in [-0.05, 0) is 96.3 Å². The summed E-state index contributed by atoms with van der Waals surface area (Å²) in [4.78, 5) is 80.0. The van der Waals surface area contributed by atoms with Crippen LogP contribution < -0.4 is 33.6 Å². The van der Waals surface area contributed by atoms with E-state index < -0.39 is 0 Å². The van der Waals surface area contributed by atoms with Gasteiger partial charge in [-0.25, -0.2) is 15.0 Å². The number of aliphatic hydroxyl groups excluding tert-OH is 1. The van der Waals surface area contributed by atoms with Gasteiger partial charge in [-0.1, -0.05) is 260 Å². The molecule has 0 atom stereocenters. The Morgan fingerprint density at radius 3 is 0.900 bits per heavy atom. The number of H-pyrrole nitrogens is 4. The summed E-state index contributed by atoms with van der Waals surface area (Å²) in [6, 6.07) is 1.18. The molecule has 2 aliphatic rings. The molecule has 0 fully saturated rings. The fourth-order valence-corrected chi connectivity index (χ4v) is 6.73. The number of carbonyl (C=O) groups is 5. The number of aliphatic hydroxyl groups is 1. The van der Waals surface area contributed by atoms with Gasteiger partial charge in [-0.2, -0.15) is 20.7 Å². The summed E-state index contributed by atoms with van der Waals surface area (Å²) in [7, 11) is 0. The number of imidazole rings is 2. The maximum absolute atomic E-state index is 11.0. The number of tetrazole rings is 2. The van der Waals surface area contributed by atoms with Crippen molar-refractivity contribution in [3.63, 3.8) is 0 Å². The van der Waals surface area contributed by atoms with Gasteiger partial charge in [0, 0.05) is 131 Å². The summed E-state index contributed by atoms with van der Waals surface area (Å²) < 4.78 is 0. The van der Waals surface area contributed by atoms with Crippen molar-refractivity contribution in [2.75, 3.05) is 13.2 Å². The van der Waals surface area contributed by atoms with E-state index in [2.05, 4.69) is 223 Å². The highest BCUT2D eigenvalue weighted by Gasteiger charge is 2.13. The highest BCUT2D eigenvalue weighted by molar-refractivity contribution is 5.88. The molecule has 15 N–H and O–H groups in total. The molecule has 0 unspecified atom stereocenters. The maximum atomic E-state index is 11.0. The van der Waals surface area contributed by atoms with Crippen LogP contribution in [-0.4, -0.2) is 156 Å². The molecule has 4 aromatic heterocycles. The third kappa shape index (κ3) is 81.5. The first-order chi connectivity index (χ1) is 54.9. The van der Waals surface area contributed by atoms with Crippen molar-refractivity contribution in [3.8, 4) is 0 Å². The number of amides is 4. The number of primary amides is 2. The van der Waals surface area contributed by atoms with Crippen LogP contribution in [0.4, 0.5) is 0 Å². The van der Waals surface area contributed by atoms with E-state index in [1.165, 1.54) is 11.4 Å². The Hall–Kier alpha value is -8.87. The van der Waals surface area contributed by atoms with E-state index in [9.17, 15) is 24.0 Å². The standard InChI is InChI=1S/2C9H16N2.2C8H16O.2C7H16N2.2C7H15NO.2C5H9N3.2C4H8N4.2C4H9NO/c2*1-6(2)8-5-10-9(11-8)7(3)4;2*1-6(2)5-8(9)7(3)4;2*1-5(2)7(8)9-6(3)4;2*1-5(2)7(9)8-6(3)4;1-4(2)5-6-3-7-8-5;1-4(2)5-3-6-8-7-5;2*1-3(2)4-5-7-8-6-4;2*1-3(2)4(5)6/h2*5-7H,1-4H3,(H,10,11);6-7H,5H2,1-4H3;5-7,9H,1-4H3;2*5-6H,1-4H3,(H2,8,9);2*5-6H,1-4H3,(H,8,9);2*4H,3H2,1-2H3;2*3H,1-2H3,(H,5,6,7,8);2*3H,1-2H3,(H2,5,6)/b;;;8-5-;;;;;;;;;;. The van der Waals surface area contributed by atoms with E-state index in [4.69, 9.17) is 28.0 Å². The number of carbonyl (C=O) groups excluding carboxylic acids is 5. The number of aromatic nitrogens is 12. The van der Waals surface area contributed by atoms with Crippen LogP contribution in [0.15, 0.2) is 64.9 Å². The van der Waals surface area contributed by atoms with Crippen LogP contribution in [0, 0.1) is 71.0 Å². The van der Waals surface area contributed by atoms with Crippen molar-refractivity contribution >= 4 is 52.6 Å². The van der Waals surface area contributed by atoms with E-state index >= 15 is 0 Å². The zero-order valence-corrected chi connectivity index (χ0v) is 83.5. The van der Waals surface area contributed by atoms with Crippen LogP contribution in [0.2, 0.25) is 0 Å². The summed E-state index contributed by atoms with van der Waals surface area (Å²) >= 11 is 0. The zero-order valence-electron chi connectivity index (χ0n) is 83.5. The molecule has 6 heterocycles. The monoisotopic (exact) mass is 1700 g/mol. The number of hydrogen-bond acceptors (Lipinski definition) is 22. The SMILES string of the molecule is CC(C)/C=C(\O)C(C)C.CC(C)C(N)=O.CC(C)C(N)=O.CC(C)C1=NCN=N1.CC(C)C1=NN=NC1.CC(C)CC(=O)C(C)C.CC(C)N=C(N)C(C)C.CC(C)N=C(N)C(C)C.CC(C)NC(=O)C(C)C.CC(C)NC(=O)C(C)C.CC(C)c1cnc(C(C)C)[nH]1.CC(C)c1cnc(C(C)C)[nH]1.CC(C)c1nn[nH]n1.CC(C)c1nn[nH]n1. The van der Waals surface area contributed by atoms with Crippen LogP contribution in [-0.2, 0) is 24.0 Å². The third-order valence-electron chi connectivity index (χ3n) is 14.8. The van der Waals surface area contributed by atoms with Crippen LogP contribution in [0.3, 0.4) is 0 Å². The van der Waals surface area contributed by atoms with E-state index in [0.717, 1.165) is 52.9 Å². The molecule has 32 heteroatoms. The van der Waals surface area contributed by atoms with Crippen molar-refractivity contribution in [3.05, 3.63) is 58.9 Å². The zero-order chi connectivity index (χ0) is 95.7. The van der Waals surface area contributed by atoms with Gasteiger partial charge in [0.15, 0.2) is 18.3 Å². The smallest absolute Gasteiger partial charge is 0.222 e. The number of nitrogens with two attached hydrogens (primary N) is 4. The number of amidine groups is 3. The number of Topliss-reactive ketones (excluding diaryl/α,β-unsaturated/α-hetero) is 1. The van der Waals surface area contributed by atoms with Gasteiger partial charge in [0.05, 0.1) is 23.1 Å². The number of hydrogen-bond donors (Lipinski definition) is 11. The number of nitrogens with zero attached hydrogens (tertiary/aromatic N) is 16. The highest BCUT2D eigenvalue weighted by atomic mass is 16.3. The molecule has 4 amide bonds. The van der Waals surface area contributed by atoms with Gasteiger partial charge in [0.2, 0.25) is 23.6 Å². The summed E-state index contributed by atoms with van der Waals surface area (Å²) in [5.74, 6) is 13.0. The number of rotatable bonds is 23. The molecule has 0 bridgehead atoms. The summed E-state index contributed by atoms with van der Waals surface area (Å²) in [6.45, 7) is 89.7. The summed E-state index contributed by atoms with van der Waals surface area (Å²) in [5, 5.41) is 59.9. The van der Waals surface area contributed by atoms with E-state index in [0.29, 0.717) is 108 Å². The summed E-state index contributed by atoms with van der Waals surface area (Å²) in [6.07, 6.45) is 6.47. The van der Waals surface area contributed by atoms with E-state index in [1.807, 2.05) is 185 Å². The second kappa shape index (κ2) is 74.0. The Bertz CT molecular complexity index is 3110. The predicted octanol–water partition coefficient (Wildman–Crippen LogP) is 19.3. The fraction of sp³-hybridized carbons (Fsp3) is 0.784. The third-order valence-corrected chi connectivity index (χ3v) is 14.8. The number of allylic oxidation sites excluding steroid dienone is 2. The lowest BCUT2D eigenvalue weighted by atomic mass is 9.99. The van der Waals surface area contributed by atoms with Crippen LogP contribution in [0.5, 0.6) is 0 Å². The lowest BCUT2D eigenvalue weighted by Gasteiger charge is -2.09. The molecule has 0 spiro atoms. The van der Waals surface area contributed by atoms with Crippen LogP contribution in [0.25, 0.3) is 0 Å². The topological polar surface area (TPSA) is 499 Å². The molecule has 0 aromatic carbocycles. The second-order valence-electron chi connectivity index (χ2n) is 35.7. The lowest BCUT2D eigenvalue weighted by molar-refractivity contribution is -0.125. The molecule has 0 radical (unpaired) electrons. The molecule has 4 aromatic rings. The Kier molecular flexibility index (Phi) is 78.2. The van der Waals surface area contributed by atoms with Crippen LogP contribution in [0.1, 0.15) is 381 Å². The van der Waals surface area contributed by atoms with Gasteiger partial charge < -0.3 is 48.6 Å². The number of aromatic amines is 4. The number of azo groups is 1. The lowest BCUT2D eigenvalue weighted by Crippen LogP contribution is -2.33. The average Bonchev–Trinajstić information content (AvgIpc) is 1.77. The van der Waals surface area contributed by atoms with Crippen molar-refractivity contribution in [1.82, 2.24) is 71.8 Å². The van der Waals surface area contributed by atoms with Gasteiger partial charge >= 0.3 is 0 Å². The Morgan fingerprint density at radius 2 is 0.792 bits per heavy atom. The van der Waals surface area contributed by atoms with Crippen molar-refractivity contribution in [2.45, 2.75) is 371 Å². The van der Waals surface area contributed by atoms with E-state index in [-0.39, 0.29) is 71.2 Å². The fourth-order valence-electron chi connectivity index (χ4n) is 6.73. The minimum absolute atomic E-state index is 0.00926. The molecule has 6 rings (SSSR count). The van der Waals surface area contributed by atoms with Crippen molar-refractivity contribution < 1.29 is 29.1 Å². The Morgan fingerprint density at radius 1 is 0.442 bits per heavy atom. The number of nitrogens with one attached hydrogen (secondary N) is 6. The van der Waals surface area contributed by atoms with Gasteiger partial charge in [-0.15, -0.1) is 30.6 Å². The van der Waals surface area contributed by atoms with Gasteiger partial charge in [-0.3, -0.25) is 34.0 Å². The van der Waals surface area contributed by atoms with Gasteiger partial charge in [0.1, 0.15) is 29.8 Å². The quantitative estimate of drug-likeness (QED) is 0.0187. The minimum Gasteiger partial charge on any atom is -0.512 e. The normalized spacial score (nSPS) is 12.1. The Balaban J connectivity index is -0.000000188. The van der Waals surface area contributed by atoms with Crippen LogP contribution >= 0.6 is 0 Å². The molecule has 0 saturated carbocycles. The largest absolute Gasteiger partial charge is 0.512 e. The predicted molar refractivity (Wildman–Crippen MR) is 501 cm³/mol. The first-order valence-corrected chi connectivity index (χ1v) is 43.1. The number of ketones is 1.